The van der Waals surface area contributed by atoms with E-state index in [4.69, 9.17) is 0 Å². The van der Waals surface area contributed by atoms with Gasteiger partial charge < -0.3 is 5.32 Å². The van der Waals surface area contributed by atoms with Gasteiger partial charge in [-0.05, 0) is 53.2 Å². The van der Waals surface area contributed by atoms with Gasteiger partial charge in [0.1, 0.15) is 4.90 Å². The van der Waals surface area contributed by atoms with E-state index in [9.17, 15) is 8.42 Å². The molecule has 120 valence electrons. The van der Waals surface area contributed by atoms with Crippen molar-refractivity contribution in [1.29, 1.82) is 0 Å². The monoisotopic (exact) mass is 394 g/mol. The lowest BCUT2D eigenvalue weighted by Crippen LogP contribution is -2.30. The van der Waals surface area contributed by atoms with E-state index in [-0.39, 0.29) is 5.41 Å². The van der Waals surface area contributed by atoms with E-state index in [1.165, 1.54) is 11.3 Å². The molecule has 0 aromatic carbocycles. The van der Waals surface area contributed by atoms with Gasteiger partial charge in [-0.1, -0.05) is 20.3 Å². The Morgan fingerprint density at radius 3 is 2.67 bits per heavy atom. The Labute approximate surface area is 139 Å². The fraction of sp³-hybridized carbons (Fsp3) is 0.714. The van der Waals surface area contributed by atoms with Gasteiger partial charge in [0.25, 0.3) is 0 Å². The van der Waals surface area contributed by atoms with E-state index < -0.39 is 10.0 Å². The number of hydrogen-bond donors (Lipinski definition) is 2. The quantitative estimate of drug-likeness (QED) is 0.673. The van der Waals surface area contributed by atoms with Crippen LogP contribution in [0.1, 0.15) is 44.4 Å². The summed E-state index contributed by atoms with van der Waals surface area (Å²) in [5.74, 6) is 0. The van der Waals surface area contributed by atoms with Crippen molar-refractivity contribution in [2.75, 3.05) is 13.1 Å². The molecule has 2 N–H and O–H groups in total. The van der Waals surface area contributed by atoms with E-state index in [1.807, 2.05) is 6.92 Å². The molecule has 1 heterocycles. The molecule has 1 aromatic heterocycles. The maximum Gasteiger partial charge on any atom is 0.242 e. The standard InChI is InChI=1S/C14H23BrN2O2S2/c1-3-5-14(6-7-14)10-17-21(18,19)12-8-11(9-16-4-2)20-13(12)15/h8,16-17H,3-7,9-10H2,1-2H3. The summed E-state index contributed by atoms with van der Waals surface area (Å²) in [6.45, 7) is 6.32. The Bertz CT molecular complexity index is 580. The second kappa shape index (κ2) is 7.08. The van der Waals surface area contributed by atoms with Crippen molar-refractivity contribution in [3.63, 3.8) is 0 Å². The number of halogens is 1. The molecular weight excluding hydrogens is 372 g/mol. The minimum atomic E-state index is -3.42. The summed E-state index contributed by atoms with van der Waals surface area (Å²) in [6.07, 6.45) is 4.49. The van der Waals surface area contributed by atoms with Gasteiger partial charge >= 0.3 is 0 Å². The molecule has 0 aliphatic heterocycles. The van der Waals surface area contributed by atoms with E-state index in [0.717, 1.165) is 37.1 Å². The van der Waals surface area contributed by atoms with Gasteiger partial charge in [-0.3, -0.25) is 0 Å². The maximum absolute atomic E-state index is 12.5. The van der Waals surface area contributed by atoms with Gasteiger partial charge in [-0.15, -0.1) is 11.3 Å². The minimum absolute atomic E-state index is 0.219. The van der Waals surface area contributed by atoms with Gasteiger partial charge in [-0.25, -0.2) is 13.1 Å². The summed E-state index contributed by atoms with van der Waals surface area (Å²) in [7, 11) is -3.42. The third-order valence-electron chi connectivity index (χ3n) is 3.92. The Kier molecular flexibility index (Phi) is 5.87. The van der Waals surface area contributed by atoms with Crippen LogP contribution in [0.5, 0.6) is 0 Å². The third kappa shape index (κ3) is 4.51. The first-order valence-electron chi connectivity index (χ1n) is 7.41. The van der Waals surface area contributed by atoms with Crippen LogP contribution in [-0.2, 0) is 16.6 Å². The van der Waals surface area contributed by atoms with Crippen LogP contribution in [0.2, 0.25) is 0 Å². The SMILES string of the molecule is CCCC1(CNS(=O)(=O)c2cc(CNCC)sc2Br)CC1. The molecule has 0 unspecified atom stereocenters. The third-order valence-corrected chi connectivity index (χ3v) is 7.57. The highest BCUT2D eigenvalue weighted by atomic mass is 79.9. The van der Waals surface area contributed by atoms with Crippen LogP contribution in [-0.4, -0.2) is 21.5 Å². The van der Waals surface area contributed by atoms with E-state index in [0.29, 0.717) is 21.8 Å². The predicted octanol–water partition coefficient (Wildman–Crippen LogP) is 3.48. The van der Waals surface area contributed by atoms with Gasteiger partial charge in [0.15, 0.2) is 0 Å². The van der Waals surface area contributed by atoms with Crippen molar-refractivity contribution in [3.8, 4) is 0 Å². The molecule has 0 bridgehead atoms. The summed E-state index contributed by atoms with van der Waals surface area (Å²) >= 11 is 4.86. The van der Waals surface area contributed by atoms with E-state index in [2.05, 4.69) is 32.9 Å². The largest absolute Gasteiger partial charge is 0.312 e. The van der Waals surface area contributed by atoms with Gasteiger partial charge in [0.05, 0.1) is 3.79 Å². The molecule has 0 amide bonds. The summed E-state index contributed by atoms with van der Waals surface area (Å²) in [5, 5.41) is 3.21. The molecule has 1 saturated carbocycles. The van der Waals surface area contributed by atoms with E-state index >= 15 is 0 Å². The first-order valence-corrected chi connectivity index (χ1v) is 10.5. The number of sulfonamides is 1. The molecular formula is C14H23BrN2O2S2. The number of rotatable bonds is 9. The van der Waals surface area contributed by atoms with Crippen molar-refractivity contribution in [2.24, 2.45) is 5.41 Å². The second-order valence-electron chi connectivity index (χ2n) is 5.71. The molecule has 1 aliphatic rings. The highest BCUT2D eigenvalue weighted by Crippen LogP contribution is 2.49. The predicted molar refractivity (Wildman–Crippen MR) is 91.2 cm³/mol. The lowest BCUT2D eigenvalue weighted by atomic mass is 10.0. The molecule has 0 saturated heterocycles. The molecule has 0 radical (unpaired) electrons. The number of hydrogen-bond acceptors (Lipinski definition) is 4. The van der Waals surface area contributed by atoms with Crippen molar-refractivity contribution < 1.29 is 8.42 Å². The minimum Gasteiger partial charge on any atom is -0.312 e. The zero-order chi connectivity index (χ0) is 15.5. The summed E-state index contributed by atoms with van der Waals surface area (Å²) in [5.41, 5.74) is 0.219. The van der Waals surface area contributed by atoms with Crippen LogP contribution in [0.15, 0.2) is 14.7 Å². The van der Waals surface area contributed by atoms with Crippen LogP contribution >= 0.6 is 27.3 Å². The maximum atomic E-state index is 12.5. The summed E-state index contributed by atoms with van der Waals surface area (Å²) in [4.78, 5) is 1.39. The topological polar surface area (TPSA) is 58.2 Å². The van der Waals surface area contributed by atoms with Crippen LogP contribution in [0, 0.1) is 5.41 Å². The Morgan fingerprint density at radius 1 is 1.38 bits per heavy atom. The normalized spacial score (nSPS) is 17.1. The Morgan fingerprint density at radius 2 is 2.10 bits per heavy atom. The average molecular weight is 395 g/mol. The summed E-state index contributed by atoms with van der Waals surface area (Å²) < 4.78 is 28.4. The number of nitrogens with one attached hydrogen (secondary N) is 2. The lowest BCUT2D eigenvalue weighted by molar-refractivity contribution is 0.449. The van der Waals surface area contributed by atoms with Crippen molar-refractivity contribution in [3.05, 3.63) is 14.7 Å². The highest BCUT2D eigenvalue weighted by molar-refractivity contribution is 9.11. The van der Waals surface area contributed by atoms with Gasteiger partial charge in [-0.2, -0.15) is 0 Å². The summed E-state index contributed by atoms with van der Waals surface area (Å²) in [6, 6.07) is 1.76. The van der Waals surface area contributed by atoms with Crippen LogP contribution in [0.4, 0.5) is 0 Å². The van der Waals surface area contributed by atoms with E-state index in [1.54, 1.807) is 6.07 Å². The molecule has 2 rings (SSSR count). The van der Waals surface area contributed by atoms with Gasteiger partial charge in [0, 0.05) is 18.0 Å². The Hall–Kier alpha value is 0.0500. The molecule has 0 atom stereocenters. The zero-order valence-corrected chi connectivity index (χ0v) is 15.8. The smallest absolute Gasteiger partial charge is 0.242 e. The first kappa shape index (κ1) is 17.4. The molecule has 0 spiro atoms. The van der Waals surface area contributed by atoms with Crippen molar-refractivity contribution >= 4 is 37.3 Å². The highest BCUT2D eigenvalue weighted by Gasteiger charge is 2.42. The fourth-order valence-corrected chi connectivity index (χ4v) is 6.27. The molecule has 1 aromatic rings. The molecule has 4 nitrogen and oxygen atoms in total. The Balaban J connectivity index is 2.03. The van der Waals surface area contributed by atoms with Crippen LogP contribution in [0.3, 0.4) is 0 Å². The van der Waals surface area contributed by atoms with Crippen LogP contribution < -0.4 is 10.0 Å². The molecule has 7 heteroatoms. The molecule has 1 aliphatic carbocycles. The zero-order valence-electron chi connectivity index (χ0n) is 12.5. The first-order chi connectivity index (χ1) is 9.92. The van der Waals surface area contributed by atoms with Gasteiger partial charge in [0.2, 0.25) is 10.0 Å². The lowest BCUT2D eigenvalue weighted by Gasteiger charge is -2.14. The van der Waals surface area contributed by atoms with Crippen LogP contribution in [0.25, 0.3) is 0 Å². The second-order valence-corrected chi connectivity index (χ2v) is 9.90. The van der Waals surface area contributed by atoms with Crippen molar-refractivity contribution in [2.45, 2.75) is 51.0 Å². The average Bonchev–Trinajstić information content (AvgIpc) is 3.09. The van der Waals surface area contributed by atoms with Crippen molar-refractivity contribution in [1.82, 2.24) is 10.0 Å². The fourth-order valence-electron chi connectivity index (χ4n) is 2.46. The molecule has 21 heavy (non-hydrogen) atoms. The molecule has 1 fully saturated rings. The number of thiophene rings is 1.